The van der Waals surface area contributed by atoms with Gasteiger partial charge >= 0.3 is 5.97 Å². The SMILES string of the molecule is O=C(O)c1cc(S(=O)Cc2cc(F)ccc2Cl)ccc1Cl. The fraction of sp³-hybridized carbons (Fsp3) is 0.0714. The van der Waals surface area contributed by atoms with E-state index < -0.39 is 22.6 Å². The first kappa shape index (κ1) is 15.9. The molecule has 2 rings (SSSR count). The van der Waals surface area contributed by atoms with Gasteiger partial charge in [-0.1, -0.05) is 23.2 Å². The van der Waals surface area contributed by atoms with Gasteiger partial charge in [0.15, 0.2) is 0 Å². The highest BCUT2D eigenvalue weighted by Crippen LogP contribution is 2.24. The van der Waals surface area contributed by atoms with Crippen LogP contribution in [0.15, 0.2) is 41.3 Å². The lowest BCUT2D eigenvalue weighted by molar-refractivity contribution is 0.0697. The Morgan fingerprint density at radius 2 is 1.81 bits per heavy atom. The molecule has 7 heteroatoms. The smallest absolute Gasteiger partial charge is 0.337 e. The lowest BCUT2D eigenvalue weighted by Gasteiger charge is -2.07. The van der Waals surface area contributed by atoms with Gasteiger partial charge in [-0.2, -0.15) is 0 Å². The first-order valence-electron chi connectivity index (χ1n) is 5.73. The number of hydrogen-bond donors (Lipinski definition) is 1. The monoisotopic (exact) mass is 346 g/mol. The van der Waals surface area contributed by atoms with Crippen LogP contribution in [0.3, 0.4) is 0 Å². The van der Waals surface area contributed by atoms with Gasteiger partial charge in [-0.3, -0.25) is 4.21 Å². The van der Waals surface area contributed by atoms with Gasteiger partial charge in [-0.15, -0.1) is 0 Å². The molecule has 1 N–H and O–H groups in total. The second-order valence-corrected chi connectivity index (χ2v) is 6.44. The molecule has 1 unspecified atom stereocenters. The zero-order chi connectivity index (χ0) is 15.6. The van der Waals surface area contributed by atoms with Crippen LogP contribution in [0.25, 0.3) is 0 Å². The van der Waals surface area contributed by atoms with Crippen molar-refractivity contribution in [2.24, 2.45) is 0 Å². The van der Waals surface area contributed by atoms with Crippen LogP contribution in [0.1, 0.15) is 15.9 Å². The second kappa shape index (κ2) is 6.56. The highest BCUT2D eigenvalue weighted by molar-refractivity contribution is 7.84. The predicted molar refractivity (Wildman–Crippen MR) is 79.9 cm³/mol. The minimum absolute atomic E-state index is 0.0166. The summed E-state index contributed by atoms with van der Waals surface area (Å²) in [5.74, 6) is -1.70. The number of carboxylic acids is 1. The third-order valence-corrected chi connectivity index (χ3v) is 4.78. The predicted octanol–water partition coefficient (Wildman–Crippen LogP) is 4.14. The van der Waals surface area contributed by atoms with Crippen molar-refractivity contribution in [2.75, 3.05) is 0 Å². The molecule has 0 heterocycles. The fourth-order valence-electron chi connectivity index (χ4n) is 1.69. The molecule has 0 radical (unpaired) electrons. The molecule has 0 fully saturated rings. The van der Waals surface area contributed by atoms with Crippen molar-refractivity contribution in [1.29, 1.82) is 0 Å². The van der Waals surface area contributed by atoms with E-state index in [2.05, 4.69) is 0 Å². The molecule has 0 saturated carbocycles. The Kier molecular flexibility index (Phi) is 4.98. The third-order valence-electron chi connectivity index (χ3n) is 2.73. The number of rotatable bonds is 4. The van der Waals surface area contributed by atoms with Crippen molar-refractivity contribution >= 4 is 40.0 Å². The number of benzene rings is 2. The molecule has 3 nitrogen and oxygen atoms in total. The average molecular weight is 347 g/mol. The van der Waals surface area contributed by atoms with Crippen LogP contribution < -0.4 is 0 Å². The third kappa shape index (κ3) is 3.81. The van der Waals surface area contributed by atoms with E-state index in [0.717, 1.165) is 0 Å². The summed E-state index contributed by atoms with van der Waals surface area (Å²) in [5, 5.41) is 9.35. The molecule has 0 aliphatic rings. The largest absolute Gasteiger partial charge is 0.478 e. The molecule has 2 aromatic carbocycles. The molecule has 0 aliphatic heterocycles. The summed E-state index contributed by atoms with van der Waals surface area (Å²) in [6.45, 7) is 0. The molecular formula is C14H9Cl2FO3S. The van der Waals surface area contributed by atoms with E-state index in [-0.39, 0.29) is 21.2 Å². The van der Waals surface area contributed by atoms with Gasteiger partial charge < -0.3 is 5.11 Å². The standard InChI is InChI=1S/C14H9Cl2FO3S/c15-12-3-1-9(17)5-8(12)7-21(20)10-2-4-13(16)11(6-10)14(18)19/h1-6H,7H2,(H,18,19). The van der Waals surface area contributed by atoms with E-state index in [1.807, 2.05) is 0 Å². The maximum Gasteiger partial charge on any atom is 0.337 e. The van der Waals surface area contributed by atoms with Crippen molar-refractivity contribution in [3.63, 3.8) is 0 Å². The van der Waals surface area contributed by atoms with Gasteiger partial charge in [-0.25, -0.2) is 9.18 Å². The Balaban J connectivity index is 2.30. The Hall–Kier alpha value is -1.43. The van der Waals surface area contributed by atoms with Gasteiger partial charge in [0.25, 0.3) is 0 Å². The zero-order valence-corrected chi connectivity index (χ0v) is 12.8. The summed E-state index contributed by atoms with van der Waals surface area (Å²) in [6.07, 6.45) is 0. The molecule has 110 valence electrons. The summed E-state index contributed by atoms with van der Waals surface area (Å²) >= 11 is 11.7. The topological polar surface area (TPSA) is 54.4 Å². The molecular weight excluding hydrogens is 338 g/mol. The van der Waals surface area contributed by atoms with Crippen LogP contribution >= 0.6 is 23.2 Å². The van der Waals surface area contributed by atoms with Gasteiger partial charge in [0.1, 0.15) is 5.82 Å². The van der Waals surface area contributed by atoms with Crippen molar-refractivity contribution in [3.05, 3.63) is 63.4 Å². The maximum absolute atomic E-state index is 13.2. The number of halogens is 3. The van der Waals surface area contributed by atoms with E-state index in [9.17, 15) is 13.4 Å². The van der Waals surface area contributed by atoms with Crippen LogP contribution in [0.4, 0.5) is 4.39 Å². The zero-order valence-electron chi connectivity index (χ0n) is 10.5. The minimum atomic E-state index is -1.56. The van der Waals surface area contributed by atoms with Crippen LogP contribution in [0, 0.1) is 5.82 Å². The fourth-order valence-corrected chi connectivity index (χ4v) is 3.31. The number of carbonyl (C=O) groups is 1. The van der Waals surface area contributed by atoms with Crippen LogP contribution in [-0.2, 0) is 16.6 Å². The summed E-state index contributed by atoms with van der Waals surface area (Å²) < 4.78 is 25.4. The van der Waals surface area contributed by atoms with Crippen LogP contribution in [0.2, 0.25) is 10.0 Å². The van der Waals surface area contributed by atoms with Gasteiger partial charge in [-0.05, 0) is 42.0 Å². The van der Waals surface area contributed by atoms with E-state index >= 15 is 0 Å². The number of hydrogen-bond acceptors (Lipinski definition) is 2. The van der Waals surface area contributed by atoms with Crippen molar-refractivity contribution < 1.29 is 18.5 Å². The number of carboxylic acid groups (broad SMARTS) is 1. The average Bonchev–Trinajstić information content (AvgIpc) is 2.43. The molecule has 1 atom stereocenters. The van der Waals surface area contributed by atoms with E-state index in [0.29, 0.717) is 10.6 Å². The van der Waals surface area contributed by atoms with E-state index in [1.54, 1.807) is 0 Å². The maximum atomic E-state index is 13.2. The highest BCUT2D eigenvalue weighted by Gasteiger charge is 2.14. The van der Waals surface area contributed by atoms with Crippen LogP contribution in [-0.4, -0.2) is 15.3 Å². The van der Waals surface area contributed by atoms with Crippen molar-refractivity contribution in [1.82, 2.24) is 0 Å². The molecule has 0 saturated heterocycles. The Morgan fingerprint density at radius 1 is 1.14 bits per heavy atom. The summed E-state index contributed by atoms with van der Waals surface area (Å²) in [4.78, 5) is 11.3. The number of aromatic carboxylic acids is 1. The lowest BCUT2D eigenvalue weighted by Crippen LogP contribution is -2.02. The van der Waals surface area contributed by atoms with Crippen LogP contribution in [0.5, 0.6) is 0 Å². The summed E-state index contributed by atoms with van der Waals surface area (Å²) in [7, 11) is -1.56. The summed E-state index contributed by atoms with van der Waals surface area (Å²) in [6, 6.07) is 7.87. The Morgan fingerprint density at radius 3 is 2.48 bits per heavy atom. The Bertz CT molecular complexity index is 734. The van der Waals surface area contributed by atoms with E-state index in [4.69, 9.17) is 28.3 Å². The normalized spacial score (nSPS) is 12.1. The minimum Gasteiger partial charge on any atom is -0.478 e. The molecule has 0 aliphatic carbocycles. The molecule has 21 heavy (non-hydrogen) atoms. The lowest BCUT2D eigenvalue weighted by atomic mass is 10.2. The van der Waals surface area contributed by atoms with Gasteiger partial charge in [0, 0.05) is 9.92 Å². The van der Waals surface area contributed by atoms with Crippen molar-refractivity contribution in [2.45, 2.75) is 10.6 Å². The summed E-state index contributed by atoms with van der Waals surface area (Å²) in [5.41, 5.74) is 0.259. The van der Waals surface area contributed by atoms with Crippen molar-refractivity contribution in [3.8, 4) is 0 Å². The van der Waals surface area contributed by atoms with Gasteiger partial charge in [0.2, 0.25) is 0 Å². The molecule has 2 aromatic rings. The molecule has 0 bridgehead atoms. The first-order valence-corrected chi connectivity index (χ1v) is 7.81. The highest BCUT2D eigenvalue weighted by atomic mass is 35.5. The second-order valence-electron chi connectivity index (χ2n) is 4.17. The molecule has 0 spiro atoms. The molecule has 0 amide bonds. The van der Waals surface area contributed by atoms with Gasteiger partial charge in [0.05, 0.1) is 27.1 Å². The Labute approximate surface area is 132 Å². The molecule has 0 aromatic heterocycles. The quantitative estimate of drug-likeness (QED) is 0.904. The first-order chi connectivity index (χ1) is 9.88. The van der Waals surface area contributed by atoms with E-state index in [1.165, 1.54) is 36.4 Å².